The molecular weight excluding hydrogens is 300 g/mol. The molecule has 0 aromatic carbocycles. The van der Waals surface area contributed by atoms with Crippen LogP contribution >= 0.6 is 0 Å². The van der Waals surface area contributed by atoms with Gasteiger partial charge in [0.05, 0.1) is 19.9 Å². The fourth-order valence-corrected chi connectivity index (χ4v) is 2.24. The SMILES string of the molecule is COc1ccc([C@@H](C(=O)O)N(C)Cc2cnccn2)c(OC)n1. The van der Waals surface area contributed by atoms with E-state index in [0.717, 1.165) is 0 Å². The number of carboxylic acids is 1. The molecule has 1 atom stereocenters. The summed E-state index contributed by atoms with van der Waals surface area (Å²) in [5.41, 5.74) is 1.11. The first-order valence-electron chi connectivity index (χ1n) is 6.83. The second kappa shape index (κ2) is 7.50. The first-order chi connectivity index (χ1) is 11.1. The Labute approximate surface area is 133 Å². The Morgan fingerprint density at radius 3 is 2.65 bits per heavy atom. The fraction of sp³-hybridized carbons (Fsp3) is 0.333. The maximum Gasteiger partial charge on any atom is 0.325 e. The largest absolute Gasteiger partial charge is 0.481 e. The zero-order chi connectivity index (χ0) is 16.8. The number of hydrogen-bond donors (Lipinski definition) is 1. The summed E-state index contributed by atoms with van der Waals surface area (Å²) in [6, 6.07) is 2.30. The molecule has 8 heteroatoms. The van der Waals surface area contributed by atoms with Gasteiger partial charge in [0.2, 0.25) is 11.8 Å². The van der Waals surface area contributed by atoms with Gasteiger partial charge in [-0.1, -0.05) is 0 Å². The molecule has 2 heterocycles. The molecule has 0 spiro atoms. The summed E-state index contributed by atoms with van der Waals surface area (Å²) in [5, 5.41) is 9.63. The first kappa shape index (κ1) is 16.6. The van der Waals surface area contributed by atoms with Gasteiger partial charge in [-0.05, 0) is 13.1 Å². The summed E-state index contributed by atoms with van der Waals surface area (Å²) < 4.78 is 10.2. The highest BCUT2D eigenvalue weighted by molar-refractivity contribution is 5.76. The van der Waals surface area contributed by atoms with E-state index < -0.39 is 12.0 Å². The van der Waals surface area contributed by atoms with E-state index in [9.17, 15) is 9.90 Å². The highest BCUT2D eigenvalue weighted by atomic mass is 16.5. The van der Waals surface area contributed by atoms with Crippen LogP contribution in [0, 0.1) is 0 Å². The minimum Gasteiger partial charge on any atom is -0.481 e. The van der Waals surface area contributed by atoms with Crippen molar-refractivity contribution in [2.24, 2.45) is 0 Å². The molecule has 0 unspecified atom stereocenters. The maximum atomic E-state index is 11.8. The van der Waals surface area contributed by atoms with Crippen molar-refractivity contribution in [3.8, 4) is 11.8 Å². The third-order valence-electron chi connectivity index (χ3n) is 3.26. The van der Waals surface area contributed by atoms with Crippen LogP contribution in [0.15, 0.2) is 30.7 Å². The number of hydrogen-bond acceptors (Lipinski definition) is 7. The number of methoxy groups -OCH3 is 2. The number of carboxylic acid groups (broad SMARTS) is 1. The van der Waals surface area contributed by atoms with E-state index in [1.807, 2.05) is 0 Å². The minimum absolute atomic E-state index is 0.211. The average molecular weight is 318 g/mol. The van der Waals surface area contributed by atoms with Gasteiger partial charge in [0.1, 0.15) is 6.04 Å². The second-order valence-corrected chi connectivity index (χ2v) is 4.80. The predicted molar refractivity (Wildman–Crippen MR) is 81.2 cm³/mol. The van der Waals surface area contributed by atoms with Crippen molar-refractivity contribution < 1.29 is 19.4 Å². The molecule has 0 amide bonds. The number of pyridine rings is 1. The number of aliphatic carboxylic acids is 1. The number of aromatic nitrogens is 3. The molecule has 0 aliphatic heterocycles. The molecule has 8 nitrogen and oxygen atoms in total. The van der Waals surface area contributed by atoms with Gasteiger partial charge in [0, 0.05) is 36.8 Å². The van der Waals surface area contributed by atoms with Crippen molar-refractivity contribution in [3.05, 3.63) is 42.0 Å². The summed E-state index contributed by atoms with van der Waals surface area (Å²) in [4.78, 5) is 25.7. The van der Waals surface area contributed by atoms with Gasteiger partial charge < -0.3 is 14.6 Å². The summed E-state index contributed by atoms with van der Waals surface area (Å²) >= 11 is 0. The smallest absolute Gasteiger partial charge is 0.325 e. The van der Waals surface area contributed by atoms with Crippen LogP contribution in [0.1, 0.15) is 17.3 Å². The first-order valence-corrected chi connectivity index (χ1v) is 6.83. The van der Waals surface area contributed by atoms with E-state index >= 15 is 0 Å². The van der Waals surface area contributed by atoms with Gasteiger partial charge >= 0.3 is 5.97 Å². The van der Waals surface area contributed by atoms with Gasteiger partial charge in [-0.25, -0.2) is 0 Å². The van der Waals surface area contributed by atoms with Crippen LogP contribution in [0.2, 0.25) is 0 Å². The molecule has 0 bridgehead atoms. The van der Waals surface area contributed by atoms with E-state index in [2.05, 4.69) is 15.0 Å². The Hall–Kier alpha value is -2.74. The van der Waals surface area contributed by atoms with Crippen molar-refractivity contribution in [2.45, 2.75) is 12.6 Å². The topological polar surface area (TPSA) is 97.7 Å². The zero-order valence-corrected chi connectivity index (χ0v) is 13.1. The van der Waals surface area contributed by atoms with Crippen LogP contribution < -0.4 is 9.47 Å². The Kier molecular flexibility index (Phi) is 5.42. The van der Waals surface area contributed by atoms with Gasteiger partial charge in [-0.2, -0.15) is 4.98 Å². The van der Waals surface area contributed by atoms with E-state index in [4.69, 9.17) is 9.47 Å². The third-order valence-corrected chi connectivity index (χ3v) is 3.26. The fourth-order valence-electron chi connectivity index (χ4n) is 2.24. The Bertz CT molecular complexity index is 666. The van der Waals surface area contributed by atoms with Crippen molar-refractivity contribution in [2.75, 3.05) is 21.3 Å². The Morgan fingerprint density at radius 2 is 2.09 bits per heavy atom. The van der Waals surface area contributed by atoms with Crippen molar-refractivity contribution >= 4 is 5.97 Å². The quantitative estimate of drug-likeness (QED) is 0.812. The van der Waals surface area contributed by atoms with Gasteiger partial charge in [0.25, 0.3) is 0 Å². The lowest BCUT2D eigenvalue weighted by Gasteiger charge is -2.25. The van der Waals surface area contributed by atoms with Gasteiger partial charge in [0.15, 0.2) is 0 Å². The van der Waals surface area contributed by atoms with Crippen LogP contribution in [-0.2, 0) is 11.3 Å². The highest BCUT2D eigenvalue weighted by Gasteiger charge is 2.29. The summed E-state index contributed by atoms with van der Waals surface area (Å²) in [6.07, 6.45) is 4.72. The van der Waals surface area contributed by atoms with E-state index in [1.165, 1.54) is 14.2 Å². The summed E-state index contributed by atoms with van der Waals surface area (Å²) in [5.74, 6) is -0.448. The van der Waals surface area contributed by atoms with Gasteiger partial charge in [-0.3, -0.25) is 19.7 Å². The normalized spacial score (nSPS) is 12.0. The minimum atomic E-state index is -1.01. The molecule has 0 saturated heterocycles. The zero-order valence-electron chi connectivity index (χ0n) is 13.1. The van der Waals surface area contributed by atoms with Crippen molar-refractivity contribution in [3.63, 3.8) is 0 Å². The van der Waals surface area contributed by atoms with Crippen molar-refractivity contribution in [1.82, 2.24) is 19.9 Å². The summed E-state index contributed by atoms with van der Waals surface area (Å²) in [6.45, 7) is 0.319. The maximum absolute atomic E-state index is 11.8. The van der Waals surface area contributed by atoms with Crippen LogP contribution in [0.3, 0.4) is 0 Å². The molecule has 2 rings (SSSR count). The van der Waals surface area contributed by atoms with E-state index in [1.54, 1.807) is 42.7 Å². The third kappa shape index (κ3) is 3.92. The van der Waals surface area contributed by atoms with Crippen LogP contribution in [0.4, 0.5) is 0 Å². The molecule has 23 heavy (non-hydrogen) atoms. The number of nitrogens with zero attached hydrogens (tertiary/aromatic N) is 4. The number of carbonyl (C=O) groups is 1. The highest BCUT2D eigenvalue weighted by Crippen LogP contribution is 2.30. The molecule has 0 fully saturated rings. The lowest BCUT2D eigenvalue weighted by Crippen LogP contribution is -2.31. The molecule has 122 valence electrons. The molecule has 1 N–H and O–H groups in total. The molecule has 0 radical (unpaired) electrons. The lowest BCUT2D eigenvalue weighted by molar-refractivity contribution is -0.143. The number of likely N-dealkylation sites (N-methyl/N-ethyl adjacent to an activating group) is 1. The molecular formula is C15H18N4O4. The van der Waals surface area contributed by atoms with Crippen LogP contribution in [0.5, 0.6) is 11.8 Å². The summed E-state index contributed by atoms with van der Waals surface area (Å²) in [7, 11) is 4.61. The Morgan fingerprint density at radius 1 is 1.30 bits per heavy atom. The predicted octanol–water partition coefficient (Wildman–Crippen LogP) is 1.15. The lowest BCUT2D eigenvalue weighted by atomic mass is 10.1. The van der Waals surface area contributed by atoms with Crippen LogP contribution in [-0.4, -0.2) is 52.2 Å². The van der Waals surface area contributed by atoms with Crippen LogP contribution in [0.25, 0.3) is 0 Å². The van der Waals surface area contributed by atoms with E-state index in [0.29, 0.717) is 23.7 Å². The average Bonchev–Trinajstić information content (AvgIpc) is 2.55. The standard InChI is InChI=1S/C15H18N4O4/c1-19(9-10-8-16-6-7-17-10)13(15(20)21)11-4-5-12(22-2)18-14(11)23-3/h4-8,13H,9H2,1-3H3,(H,20,21)/t13-/m0/s1. The molecule has 0 aliphatic carbocycles. The molecule has 2 aromatic rings. The van der Waals surface area contributed by atoms with Gasteiger partial charge in [-0.15, -0.1) is 0 Å². The molecule has 2 aromatic heterocycles. The molecule has 0 saturated carbocycles. The number of ether oxygens (including phenoxy) is 2. The van der Waals surface area contributed by atoms with E-state index in [-0.39, 0.29) is 5.88 Å². The monoisotopic (exact) mass is 318 g/mol. The van der Waals surface area contributed by atoms with Crippen molar-refractivity contribution in [1.29, 1.82) is 0 Å². The second-order valence-electron chi connectivity index (χ2n) is 4.80. The number of rotatable bonds is 7. The Balaban J connectivity index is 2.33. The molecule has 0 aliphatic rings.